The average Bonchev–Trinajstić information content (AvgIpc) is 2.68. The zero-order valence-corrected chi connectivity index (χ0v) is 9.61. The third kappa shape index (κ3) is 1.37. The fraction of sp³-hybridized carbons (Fsp3) is 1.00. The molecule has 3 heterocycles. The lowest BCUT2D eigenvalue weighted by molar-refractivity contribution is -0.00643. The second-order valence-corrected chi connectivity index (χ2v) is 5.67. The van der Waals surface area contributed by atoms with Crippen LogP contribution in [0.4, 0.5) is 0 Å². The molecule has 3 rings (SSSR count). The third-order valence-corrected chi connectivity index (χ3v) is 5.09. The van der Waals surface area contributed by atoms with Crippen molar-refractivity contribution in [2.45, 2.75) is 50.3 Å². The van der Waals surface area contributed by atoms with Gasteiger partial charge in [-0.15, -0.1) is 0 Å². The van der Waals surface area contributed by atoms with E-state index in [-0.39, 0.29) is 0 Å². The van der Waals surface area contributed by atoms with Crippen LogP contribution in [0.25, 0.3) is 0 Å². The maximum absolute atomic E-state index is 5.85. The minimum Gasteiger partial charge on any atom is -0.376 e. The minimum absolute atomic E-state index is 0.342. The second-order valence-electron chi connectivity index (χ2n) is 5.67. The molecular weight excluding hydrogens is 188 g/mol. The molecule has 0 aromatic carbocycles. The quantitative estimate of drug-likeness (QED) is 0.701. The summed E-state index contributed by atoms with van der Waals surface area (Å²) in [6.07, 6.45) is 7.01. The highest BCUT2D eigenvalue weighted by atomic mass is 16.5. The van der Waals surface area contributed by atoms with E-state index in [2.05, 4.69) is 11.9 Å². The van der Waals surface area contributed by atoms with Gasteiger partial charge in [-0.2, -0.15) is 0 Å². The smallest absolute Gasteiger partial charge is 0.0755 e. The fourth-order valence-electron chi connectivity index (χ4n) is 4.13. The average molecular weight is 210 g/mol. The summed E-state index contributed by atoms with van der Waals surface area (Å²) < 4.78 is 5.81. The summed E-state index contributed by atoms with van der Waals surface area (Å²) in [5, 5.41) is 0. The maximum atomic E-state index is 5.85. The van der Waals surface area contributed by atoms with Crippen LogP contribution in [-0.2, 0) is 4.74 Å². The molecule has 2 N–H and O–H groups in total. The van der Waals surface area contributed by atoms with Gasteiger partial charge in [0, 0.05) is 30.7 Å². The summed E-state index contributed by atoms with van der Waals surface area (Å²) in [6.45, 7) is 1.65. The van der Waals surface area contributed by atoms with Crippen LogP contribution in [-0.4, -0.2) is 43.3 Å². The third-order valence-electron chi connectivity index (χ3n) is 5.09. The van der Waals surface area contributed by atoms with E-state index >= 15 is 0 Å². The first-order chi connectivity index (χ1) is 7.25. The molecule has 1 spiro atoms. The van der Waals surface area contributed by atoms with Crippen LogP contribution in [0.5, 0.6) is 0 Å². The number of nitrogens with two attached hydrogens (primary N) is 1. The Morgan fingerprint density at radius 1 is 1.33 bits per heavy atom. The molecule has 3 nitrogen and oxygen atoms in total. The van der Waals surface area contributed by atoms with Gasteiger partial charge in [-0.25, -0.2) is 0 Å². The molecule has 86 valence electrons. The van der Waals surface area contributed by atoms with Crippen molar-refractivity contribution in [3.05, 3.63) is 0 Å². The topological polar surface area (TPSA) is 38.5 Å². The van der Waals surface area contributed by atoms with Crippen LogP contribution in [0.3, 0.4) is 0 Å². The van der Waals surface area contributed by atoms with E-state index < -0.39 is 0 Å². The molecule has 0 radical (unpaired) electrons. The lowest BCUT2D eigenvalue weighted by Crippen LogP contribution is -2.50. The van der Waals surface area contributed by atoms with E-state index in [1.165, 1.54) is 32.1 Å². The van der Waals surface area contributed by atoms with Crippen LogP contribution < -0.4 is 5.73 Å². The lowest BCUT2D eigenvalue weighted by atomic mass is 9.70. The molecule has 3 aliphatic heterocycles. The monoisotopic (exact) mass is 210 g/mol. The molecular formula is C12H22N2O. The van der Waals surface area contributed by atoms with Crippen LogP contribution in [0.2, 0.25) is 0 Å². The van der Waals surface area contributed by atoms with Crippen LogP contribution in [0, 0.1) is 5.41 Å². The Labute approximate surface area is 91.9 Å². The number of piperidine rings is 1. The SMILES string of the molecule is CN1C2CCC1CC1(CCOC1CN)C2. The Kier molecular flexibility index (Phi) is 2.31. The normalized spacial score (nSPS) is 50.4. The van der Waals surface area contributed by atoms with Crippen molar-refractivity contribution < 1.29 is 4.74 Å². The van der Waals surface area contributed by atoms with E-state index in [0.717, 1.165) is 18.7 Å². The molecule has 15 heavy (non-hydrogen) atoms. The van der Waals surface area contributed by atoms with Crippen molar-refractivity contribution >= 4 is 0 Å². The maximum Gasteiger partial charge on any atom is 0.0755 e. The standard InChI is InChI=1S/C12H22N2O/c1-14-9-2-3-10(14)7-12(6-9)4-5-15-11(12)8-13/h9-11H,2-8,13H2,1H3. The molecule has 0 amide bonds. The van der Waals surface area contributed by atoms with Gasteiger partial charge in [-0.1, -0.05) is 0 Å². The molecule has 2 bridgehead atoms. The summed E-state index contributed by atoms with van der Waals surface area (Å²) in [6, 6.07) is 1.61. The summed E-state index contributed by atoms with van der Waals surface area (Å²) >= 11 is 0. The van der Waals surface area contributed by atoms with Crippen LogP contribution in [0.15, 0.2) is 0 Å². The fourth-order valence-corrected chi connectivity index (χ4v) is 4.13. The van der Waals surface area contributed by atoms with Crippen molar-refractivity contribution in [3.63, 3.8) is 0 Å². The predicted molar refractivity (Wildman–Crippen MR) is 59.7 cm³/mol. The highest BCUT2D eigenvalue weighted by molar-refractivity contribution is 5.05. The predicted octanol–water partition coefficient (Wildman–Crippen LogP) is 0.977. The number of ether oxygens (including phenoxy) is 1. The van der Waals surface area contributed by atoms with E-state index in [4.69, 9.17) is 10.5 Å². The van der Waals surface area contributed by atoms with Gasteiger partial charge in [0.25, 0.3) is 0 Å². The molecule has 3 saturated heterocycles. The highest BCUT2D eigenvalue weighted by Gasteiger charge is 2.52. The summed E-state index contributed by atoms with van der Waals surface area (Å²) in [7, 11) is 2.29. The van der Waals surface area contributed by atoms with E-state index in [1.807, 2.05) is 0 Å². The van der Waals surface area contributed by atoms with E-state index in [0.29, 0.717) is 18.1 Å². The van der Waals surface area contributed by atoms with Gasteiger partial charge >= 0.3 is 0 Å². The van der Waals surface area contributed by atoms with Crippen LogP contribution in [0.1, 0.15) is 32.1 Å². The van der Waals surface area contributed by atoms with Crippen molar-refractivity contribution in [1.29, 1.82) is 0 Å². The minimum atomic E-state index is 0.342. The largest absolute Gasteiger partial charge is 0.376 e. The number of rotatable bonds is 1. The molecule has 3 heteroatoms. The summed E-state index contributed by atoms with van der Waals surface area (Å²) in [5.41, 5.74) is 6.28. The Hall–Kier alpha value is -0.120. The number of nitrogens with zero attached hydrogens (tertiary/aromatic N) is 1. The molecule has 3 unspecified atom stereocenters. The van der Waals surface area contributed by atoms with E-state index in [1.54, 1.807) is 0 Å². The Morgan fingerprint density at radius 2 is 2.00 bits per heavy atom. The first-order valence-electron chi connectivity index (χ1n) is 6.29. The van der Waals surface area contributed by atoms with Gasteiger partial charge in [0.05, 0.1) is 6.10 Å². The molecule has 0 aromatic rings. The summed E-state index contributed by atoms with van der Waals surface area (Å²) in [4.78, 5) is 2.59. The van der Waals surface area contributed by atoms with Crippen molar-refractivity contribution in [2.24, 2.45) is 11.1 Å². The van der Waals surface area contributed by atoms with Gasteiger partial charge < -0.3 is 15.4 Å². The van der Waals surface area contributed by atoms with Gasteiger partial charge in [0.15, 0.2) is 0 Å². The van der Waals surface area contributed by atoms with Gasteiger partial charge in [-0.3, -0.25) is 0 Å². The number of hydrogen-bond acceptors (Lipinski definition) is 3. The first kappa shape index (κ1) is 10.1. The van der Waals surface area contributed by atoms with Crippen molar-refractivity contribution in [1.82, 2.24) is 4.90 Å². The highest BCUT2D eigenvalue weighted by Crippen LogP contribution is 2.51. The van der Waals surface area contributed by atoms with Crippen LogP contribution >= 0.6 is 0 Å². The number of fused-ring (bicyclic) bond motifs is 2. The molecule has 3 atom stereocenters. The molecule has 0 saturated carbocycles. The Bertz CT molecular complexity index is 242. The lowest BCUT2D eigenvalue weighted by Gasteiger charge is -2.45. The number of hydrogen-bond donors (Lipinski definition) is 1. The van der Waals surface area contributed by atoms with Gasteiger partial charge in [0.1, 0.15) is 0 Å². The van der Waals surface area contributed by atoms with Crippen molar-refractivity contribution in [3.8, 4) is 0 Å². The Morgan fingerprint density at radius 3 is 2.60 bits per heavy atom. The molecule has 0 aliphatic carbocycles. The van der Waals surface area contributed by atoms with Gasteiger partial charge in [-0.05, 0) is 39.2 Å². The molecule has 3 fully saturated rings. The zero-order valence-electron chi connectivity index (χ0n) is 9.61. The summed E-state index contributed by atoms with van der Waals surface area (Å²) in [5.74, 6) is 0. The Balaban J connectivity index is 1.83. The first-order valence-corrected chi connectivity index (χ1v) is 6.29. The molecule has 3 aliphatic rings. The van der Waals surface area contributed by atoms with E-state index in [9.17, 15) is 0 Å². The van der Waals surface area contributed by atoms with Crippen molar-refractivity contribution in [2.75, 3.05) is 20.2 Å². The zero-order chi connectivity index (χ0) is 10.5. The second kappa shape index (κ2) is 3.44. The van der Waals surface area contributed by atoms with Gasteiger partial charge in [0.2, 0.25) is 0 Å². The molecule has 0 aromatic heterocycles.